The lowest BCUT2D eigenvalue weighted by molar-refractivity contribution is -0.114. The molecule has 0 aliphatic heterocycles. The maximum atomic E-state index is 12.8. The van der Waals surface area contributed by atoms with Crippen LogP contribution in [0.4, 0.5) is 5.69 Å². The van der Waals surface area contributed by atoms with E-state index in [1.54, 1.807) is 31.2 Å². The Morgan fingerprint density at radius 3 is 2.30 bits per heavy atom. The first-order chi connectivity index (χ1) is 12.9. The van der Waals surface area contributed by atoms with Gasteiger partial charge in [0, 0.05) is 18.2 Å². The van der Waals surface area contributed by atoms with Crippen LogP contribution in [0.3, 0.4) is 0 Å². The van der Waals surface area contributed by atoms with Gasteiger partial charge < -0.3 is 9.50 Å². The molecule has 3 rings (SSSR count). The number of anilines is 1. The highest BCUT2D eigenvalue weighted by molar-refractivity contribution is 7.87. The van der Waals surface area contributed by atoms with Gasteiger partial charge in [-0.15, -0.1) is 0 Å². The van der Waals surface area contributed by atoms with E-state index < -0.39 is 10.1 Å². The van der Waals surface area contributed by atoms with E-state index in [1.807, 2.05) is 36.4 Å². The molecular weight excluding hydrogens is 362 g/mol. The first-order valence-corrected chi connectivity index (χ1v) is 9.75. The average Bonchev–Trinajstić information content (AvgIpc) is 2.64. The molecule has 0 radical (unpaired) electrons. The molecule has 0 aliphatic rings. The predicted octanol–water partition coefficient (Wildman–Crippen LogP) is 4.39. The zero-order valence-corrected chi connectivity index (χ0v) is 15.8. The van der Waals surface area contributed by atoms with Crippen molar-refractivity contribution in [2.24, 2.45) is 0 Å². The van der Waals surface area contributed by atoms with Crippen molar-refractivity contribution in [2.75, 3.05) is 5.32 Å². The maximum Gasteiger partial charge on any atom is 0.339 e. The summed E-state index contributed by atoms with van der Waals surface area (Å²) in [5, 5.41) is 2.63. The van der Waals surface area contributed by atoms with Crippen molar-refractivity contribution in [2.45, 2.75) is 18.7 Å². The minimum absolute atomic E-state index is 0.0280. The van der Waals surface area contributed by atoms with E-state index in [9.17, 15) is 13.2 Å². The predicted molar refractivity (Wildman–Crippen MR) is 105 cm³/mol. The van der Waals surface area contributed by atoms with Gasteiger partial charge in [0.15, 0.2) is 5.75 Å². The van der Waals surface area contributed by atoms with Crippen molar-refractivity contribution in [3.05, 3.63) is 78.4 Å². The van der Waals surface area contributed by atoms with Crippen molar-refractivity contribution < 1.29 is 17.4 Å². The van der Waals surface area contributed by atoms with Gasteiger partial charge in [-0.25, -0.2) is 0 Å². The van der Waals surface area contributed by atoms with Gasteiger partial charge in [0.05, 0.1) is 0 Å². The highest BCUT2D eigenvalue weighted by Crippen LogP contribution is 2.32. The molecule has 138 valence electrons. The Hall–Kier alpha value is -3.12. The molecule has 0 aromatic heterocycles. The zero-order valence-electron chi connectivity index (χ0n) is 15.0. The fourth-order valence-corrected chi connectivity index (χ4v) is 3.62. The van der Waals surface area contributed by atoms with Gasteiger partial charge in [0.1, 0.15) is 4.90 Å². The lowest BCUT2D eigenvalue weighted by atomic mass is 10.1. The van der Waals surface area contributed by atoms with Crippen LogP contribution in [0.1, 0.15) is 12.5 Å². The Balaban J connectivity index is 1.98. The third-order valence-corrected chi connectivity index (χ3v) is 5.21. The minimum Gasteiger partial charge on any atom is -0.378 e. The van der Waals surface area contributed by atoms with Crippen LogP contribution in [0, 0.1) is 6.92 Å². The van der Waals surface area contributed by atoms with Crippen molar-refractivity contribution in [1.82, 2.24) is 0 Å². The SMILES string of the molecule is CC(=O)Nc1cc(S(=O)(=O)Oc2ccccc2-c2ccccc2)ccc1C. The lowest BCUT2D eigenvalue weighted by Crippen LogP contribution is -2.12. The Bertz CT molecular complexity index is 1080. The Morgan fingerprint density at radius 2 is 1.59 bits per heavy atom. The van der Waals surface area contributed by atoms with Crippen LogP contribution in [0.5, 0.6) is 5.75 Å². The highest BCUT2D eigenvalue weighted by Gasteiger charge is 2.20. The summed E-state index contributed by atoms with van der Waals surface area (Å²) in [6.07, 6.45) is 0. The van der Waals surface area contributed by atoms with Crippen molar-refractivity contribution in [3.63, 3.8) is 0 Å². The van der Waals surface area contributed by atoms with Gasteiger partial charge in [0.25, 0.3) is 0 Å². The number of amides is 1. The van der Waals surface area contributed by atoms with Gasteiger partial charge in [-0.05, 0) is 36.2 Å². The molecule has 0 spiro atoms. The molecule has 1 amide bonds. The zero-order chi connectivity index (χ0) is 19.4. The van der Waals surface area contributed by atoms with Crippen LogP contribution in [-0.4, -0.2) is 14.3 Å². The number of carbonyl (C=O) groups excluding carboxylic acids is 1. The molecule has 27 heavy (non-hydrogen) atoms. The summed E-state index contributed by atoms with van der Waals surface area (Å²) in [7, 11) is -4.07. The van der Waals surface area contributed by atoms with Crippen LogP contribution >= 0.6 is 0 Å². The standard InChI is InChI=1S/C21H19NO4S/c1-15-12-13-18(14-20(15)22-16(2)23)27(24,25)26-21-11-7-6-10-19(21)17-8-4-3-5-9-17/h3-14H,1-2H3,(H,22,23). The number of rotatable bonds is 5. The van der Waals surface area contributed by atoms with Gasteiger partial charge >= 0.3 is 10.1 Å². The van der Waals surface area contributed by atoms with Crippen LogP contribution in [0.25, 0.3) is 11.1 Å². The second-order valence-electron chi connectivity index (χ2n) is 6.06. The molecule has 0 heterocycles. The molecule has 0 unspecified atom stereocenters. The molecule has 1 N–H and O–H groups in total. The van der Waals surface area contributed by atoms with Crippen molar-refractivity contribution in [3.8, 4) is 16.9 Å². The maximum absolute atomic E-state index is 12.8. The highest BCUT2D eigenvalue weighted by atomic mass is 32.2. The van der Waals surface area contributed by atoms with Gasteiger partial charge in [-0.1, -0.05) is 54.6 Å². The Kier molecular flexibility index (Phi) is 5.28. The normalized spacial score (nSPS) is 11.0. The van der Waals surface area contributed by atoms with Crippen LogP contribution in [-0.2, 0) is 14.9 Å². The van der Waals surface area contributed by atoms with Gasteiger partial charge in [0.2, 0.25) is 5.91 Å². The van der Waals surface area contributed by atoms with Crippen LogP contribution in [0.2, 0.25) is 0 Å². The van der Waals surface area contributed by atoms with Crippen molar-refractivity contribution in [1.29, 1.82) is 0 Å². The summed E-state index contributed by atoms with van der Waals surface area (Å²) in [4.78, 5) is 11.3. The number of aryl methyl sites for hydroxylation is 1. The average molecular weight is 381 g/mol. The third-order valence-electron chi connectivity index (χ3n) is 3.98. The second kappa shape index (κ2) is 7.63. The minimum atomic E-state index is -4.07. The largest absolute Gasteiger partial charge is 0.378 e. The fraction of sp³-hybridized carbons (Fsp3) is 0.0952. The molecular formula is C21H19NO4S. The first-order valence-electron chi connectivity index (χ1n) is 8.34. The molecule has 0 saturated heterocycles. The summed E-state index contributed by atoms with van der Waals surface area (Å²) in [5.74, 6) is -0.0339. The lowest BCUT2D eigenvalue weighted by Gasteiger charge is -2.13. The number of hydrogen-bond donors (Lipinski definition) is 1. The quantitative estimate of drug-likeness (QED) is 0.666. The Labute approximate surface area is 158 Å². The molecule has 0 fully saturated rings. The molecule has 0 aliphatic carbocycles. The van der Waals surface area contributed by atoms with E-state index in [-0.39, 0.29) is 16.6 Å². The van der Waals surface area contributed by atoms with E-state index in [4.69, 9.17) is 4.18 Å². The molecule has 6 heteroatoms. The van der Waals surface area contributed by atoms with E-state index in [1.165, 1.54) is 19.1 Å². The number of hydrogen-bond acceptors (Lipinski definition) is 4. The van der Waals surface area contributed by atoms with Gasteiger partial charge in [-0.2, -0.15) is 8.42 Å². The number of nitrogens with one attached hydrogen (secondary N) is 1. The fourth-order valence-electron chi connectivity index (χ4n) is 2.64. The number of benzene rings is 3. The van der Waals surface area contributed by atoms with Crippen LogP contribution < -0.4 is 9.50 Å². The smallest absolute Gasteiger partial charge is 0.339 e. The molecule has 3 aromatic carbocycles. The van der Waals surface area contributed by atoms with E-state index in [0.717, 1.165) is 11.1 Å². The first kappa shape index (κ1) is 18.7. The monoisotopic (exact) mass is 381 g/mol. The van der Waals surface area contributed by atoms with Gasteiger partial charge in [-0.3, -0.25) is 4.79 Å². The second-order valence-corrected chi connectivity index (χ2v) is 7.60. The van der Waals surface area contributed by atoms with E-state index in [2.05, 4.69) is 5.32 Å². The van der Waals surface area contributed by atoms with Crippen molar-refractivity contribution >= 4 is 21.7 Å². The summed E-state index contributed by atoms with van der Waals surface area (Å²) >= 11 is 0. The van der Waals surface area contributed by atoms with E-state index in [0.29, 0.717) is 11.3 Å². The molecule has 0 bridgehead atoms. The third kappa shape index (κ3) is 4.35. The summed E-state index contributed by atoms with van der Waals surface area (Å²) in [5.41, 5.74) is 2.72. The topological polar surface area (TPSA) is 72.5 Å². The summed E-state index contributed by atoms with van der Waals surface area (Å²) in [6, 6.07) is 20.9. The number of carbonyl (C=O) groups is 1. The van der Waals surface area contributed by atoms with E-state index >= 15 is 0 Å². The summed E-state index contributed by atoms with van der Waals surface area (Å²) < 4.78 is 31.0. The molecule has 0 saturated carbocycles. The number of para-hydroxylation sites is 1. The molecule has 0 atom stereocenters. The Morgan fingerprint density at radius 1 is 0.926 bits per heavy atom. The molecule has 5 nitrogen and oxygen atoms in total. The molecule has 3 aromatic rings. The van der Waals surface area contributed by atoms with Crippen LogP contribution in [0.15, 0.2) is 77.7 Å². The summed E-state index contributed by atoms with van der Waals surface area (Å²) in [6.45, 7) is 3.15.